The standard InChI is InChI=1S/C24H25Cl2FN4O4S2/c1-36-23(33)28-12-17-13-31(24(34)35-17)16-3-5-20(19(27)11-16)29-6-8-30(9-7-29)22(32)14-37-21-10-15(25)2-4-18(21)26/h2-5,10-11,17H,6-9,12-14H2,1H3,(H,28,33). The molecule has 4 rings (SSSR count). The van der Waals surface area contributed by atoms with Crippen LogP contribution in [-0.2, 0) is 9.53 Å². The fourth-order valence-electron chi connectivity index (χ4n) is 4.04. The monoisotopic (exact) mass is 586 g/mol. The van der Waals surface area contributed by atoms with E-state index in [0.717, 1.165) is 16.7 Å². The number of halogens is 3. The number of nitrogens with one attached hydrogen (secondary N) is 1. The Morgan fingerprint density at radius 3 is 2.59 bits per heavy atom. The zero-order valence-corrected chi connectivity index (χ0v) is 23.1. The van der Waals surface area contributed by atoms with E-state index in [1.165, 1.54) is 22.7 Å². The summed E-state index contributed by atoms with van der Waals surface area (Å²) in [6, 6.07) is 9.75. The first-order valence-electron chi connectivity index (χ1n) is 11.4. The normalized spacial score (nSPS) is 17.7. The third kappa shape index (κ3) is 6.95. The van der Waals surface area contributed by atoms with Gasteiger partial charge in [-0.2, -0.15) is 0 Å². The van der Waals surface area contributed by atoms with Crippen molar-refractivity contribution in [3.8, 4) is 0 Å². The molecule has 2 heterocycles. The molecule has 0 aliphatic carbocycles. The molecule has 2 fully saturated rings. The van der Waals surface area contributed by atoms with Gasteiger partial charge in [-0.25, -0.2) is 9.18 Å². The van der Waals surface area contributed by atoms with Crippen LogP contribution in [0.5, 0.6) is 0 Å². The van der Waals surface area contributed by atoms with Gasteiger partial charge in [-0.05, 0) is 42.7 Å². The molecule has 8 nitrogen and oxygen atoms in total. The molecule has 37 heavy (non-hydrogen) atoms. The number of rotatable bonds is 7. The molecular formula is C24H25Cl2FN4O4S2. The van der Waals surface area contributed by atoms with Gasteiger partial charge in [0.1, 0.15) is 11.9 Å². The number of piperazine rings is 1. The Kier molecular flexibility index (Phi) is 9.33. The summed E-state index contributed by atoms with van der Waals surface area (Å²) in [6.07, 6.45) is 0.562. The third-order valence-corrected chi connectivity index (χ3v) is 8.23. The number of thioether (sulfide) groups is 2. The zero-order valence-electron chi connectivity index (χ0n) is 19.9. The van der Waals surface area contributed by atoms with Crippen molar-refractivity contribution in [2.24, 2.45) is 0 Å². The molecule has 2 saturated heterocycles. The highest BCUT2D eigenvalue weighted by atomic mass is 35.5. The summed E-state index contributed by atoms with van der Waals surface area (Å²) in [5.41, 5.74) is 0.794. The number of nitrogens with zero attached hydrogens (tertiary/aromatic N) is 3. The van der Waals surface area contributed by atoms with Gasteiger partial charge in [0.15, 0.2) is 0 Å². The average Bonchev–Trinajstić information content (AvgIpc) is 3.28. The Hall–Kier alpha value is -2.34. The second-order valence-electron chi connectivity index (χ2n) is 8.36. The van der Waals surface area contributed by atoms with Crippen molar-refractivity contribution >= 4 is 75.3 Å². The van der Waals surface area contributed by atoms with Crippen LogP contribution in [0.15, 0.2) is 41.3 Å². The molecule has 1 atom stereocenters. The molecule has 2 aromatic carbocycles. The Balaban J connectivity index is 1.30. The van der Waals surface area contributed by atoms with Crippen LogP contribution >= 0.6 is 46.7 Å². The lowest BCUT2D eigenvalue weighted by Crippen LogP contribution is -2.49. The predicted octanol–water partition coefficient (Wildman–Crippen LogP) is 4.97. The number of amides is 3. The molecule has 2 aliphatic heterocycles. The number of hydrogen-bond donors (Lipinski definition) is 1. The van der Waals surface area contributed by atoms with Crippen LogP contribution in [0.2, 0.25) is 10.0 Å². The molecule has 0 radical (unpaired) electrons. The van der Waals surface area contributed by atoms with Crippen molar-refractivity contribution in [1.29, 1.82) is 0 Å². The number of carbonyl (C=O) groups excluding carboxylic acids is 3. The zero-order chi connectivity index (χ0) is 26.5. The first-order chi connectivity index (χ1) is 17.7. The minimum Gasteiger partial charge on any atom is -0.442 e. The van der Waals surface area contributed by atoms with E-state index < -0.39 is 18.0 Å². The van der Waals surface area contributed by atoms with Crippen molar-refractivity contribution < 1.29 is 23.5 Å². The van der Waals surface area contributed by atoms with Crippen molar-refractivity contribution in [1.82, 2.24) is 10.2 Å². The number of anilines is 2. The van der Waals surface area contributed by atoms with Crippen LogP contribution in [0.25, 0.3) is 0 Å². The molecule has 1 unspecified atom stereocenters. The maximum absolute atomic E-state index is 15.1. The van der Waals surface area contributed by atoms with Crippen molar-refractivity contribution in [2.75, 3.05) is 61.1 Å². The van der Waals surface area contributed by atoms with Gasteiger partial charge in [0, 0.05) is 36.1 Å². The summed E-state index contributed by atoms with van der Waals surface area (Å²) in [6.45, 7) is 2.29. The van der Waals surface area contributed by atoms with E-state index in [9.17, 15) is 14.4 Å². The maximum atomic E-state index is 15.1. The minimum absolute atomic E-state index is 0.0210. The molecular weight excluding hydrogens is 562 g/mol. The van der Waals surface area contributed by atoms with Gasteiger partial charge < -0.3 is 19.9 Å². The van der Waals surface area contributed by atoms with Crippen LogP contribution in [0.4, 0.5) is 25.4 Å². The molecule has 198 valence electrons. The van der Waals surface area contributed by atoms with Gasteiger partial charge in [-0.1, -0.05) is 35.0 Å². The maximum Gasteiger partial charge on any atom is 0.414 e. The summed E-state index contributed by atoms with van der Waals surface area (Å²) in [5.74, 6) is -0.250. The highest BCUT2D eigenvalue weighted by Crippen LogP contribution is 2.31. The molecule has 1 N–H and O–H groups in total. The quantitative estimate of drug-likeness (QED) is 0.458. The molecule has 0 aromatic heterocycles. The van der Waals surface area contributed by atoms with Crippen molar-refractivity contribution in [3.63, 3.8) is 0 Å². The lowest BCUT2D eigenvalue weighted by molar-refractivity contribution is -0.128. The molecule has 13 heteroatoms. The van der Waals surface area contributed by atoms with Gasteiger partial charge in [-0.15, -0.1) is 11.8 Å². The Bertz CT molecular complexity index is 1180. The number of ether oxygens (including phenoxy) is 1. The Morgan fingerprint density at radius 1 is 1.14 bits per heavy atom. The van der Waals surface area contributed by atoms with Gasteiger partial charge in [0.25, 0.3) is 5.24 Å². The minimum atomic E-state index is -0.584. The molecule has 0 bridgehead atoms. The predicted molar refractivity (Wildman–Crippen MR) is 147 cm³/mol. The SMILES string of the molecule is CSC(=O)NCC1CN(c2ccc(N3CCN(C(=O)CSc4cc(Cl)ccc4Cl)CC3)c(F)c2)C(=O)O1. The first-order valence-corrected chi connectivity index (χ1v) is 14.4. The smallest absolute Gasteiger partial charge is 0.414 e. The molecule has 0 spiro atoms. The fraction of sp³-hybridized carbons (Fsp3) is 0.375. The molecule has 3 amide bonds. The topological polar surface area (TPSA) is 82.2 Å². The second-order valence-corrected chi connectivity index (χ2v) is 11.0. The Labute approximate surface area is 232 Å². The van der Waals surface area contributed by atoms with Crippen LogP contribution in [0, 0.1) is 5.82 Å². The molecule has 0 saturated carbocycles. The summed E-state index contributed by atoms with van der Waals surface area (Å²) in [7, 11) is 0. The van der Waals surface area contributed by atoms with Gasteiger partial charge in [0.2, 0.25) is 5.91 Å². The highest BCUT2D eigenvalue weighted by molar-refractivity contribution is 8.12. The van der Waals surface area contributed by atoms with Crippen molar-refractivity contribution in [2.45, 2.75) is 11.0 Å². The van der Waals surface area contributed by atoms with Crippen LogP contribution < -0.4 is 15.1 Å². The van der Waals surface area contributed by atoms with E-state index in [1.54, 1.807) is 41.5 Å². The second kappa shape index (κ2) is 12.5. The van der Waals surface area contributed by atoms with E-state index in [0.29, 0.717) is 47.6 Å². The Morgan fingerprint density at radius 2 is 1.89 bits per heavy atom. The summed E-state index contributed by atoms with van der Waals surface area (Å²) >= 11 is 14.6. The van der Waals surface area contributed by atoms with Crippen LogP contribution in [-0.4, -0.2) is 79.5 Å². The average molecular weight is 588 g/mol. The van der Waals surface area contributed by atoms with E-state index >= 15 is 4.39 Å². The van der Waals surface area contributed by atoms with E-state index in [2.05, 4.69) is 5.32 Å². The third-order valence-electron chi connectivity index (χ3n) is 5.99. The largest absolute Gasteiger partial charge is 0.442 e. The van der Waals surface area contributed by atoms with Gasteiger partial charge in [-0.3, -0.25) is 14.5 Å². The first kappa shape index (κ1) is 27.7. The fourth-order valence-corrected chi connectivity index (χ4v) is 5.67. The molecule has 2 aromatic rings. The van der Waals surface area contributed by atoms with Gasteiger partial charge in [0.05, 0.1) is 35.2 Å². The highest BCUT2D eigenvalue weighted by Gasteiger charge is 2.33. The van der Waals surface area contributed by atoms with Crippen molar-refractivity contribution in [3.05, 3.63) is 52.3 Å². The van der Waals surface area contributed by atoms with E-state index in [-0.39, 0.29) is 30.0 Å². The van der Waals surface area contributed by atoms with Crippen LogP contribution in [0.3, 0.4) is 0 Å². The molecule has 2 aliphatic rings. The van der Waals surface area contributed by atoms with Gasteiger partial charge >= 0.3 is 6.09 Å². The summed E-state index contributed by atoms with van der Waals surface area (Å²) in [4.78, 5) is 42.1. The number of benzene rings is 2. The van der Waals surface area contributed by atoms with E-state index in [4.69, 9.17) is 27.9 Å². The summed E-state index contributed by atoms with van der Waals surface area (Å²) < 4.78 is 20.3. The van der Waals surface area contributed by atoms with E-state index in [1.807, 2.05) is 4.90 Å². The summed E-state index contributed by atoms with van der Waals surface area (Å²) in [5, 5.41) is 3.55. The van der Waals surface area contributed by atoms with Crippen LogP contribution in [0.1, 0.15) is 0 Å². The lowest BCUT2D eigenvalue weighted by Gasteiger charge is -2.36. The number of hydrogen-bond acceptors (Lipinski definition) is 7. The lowest BCUT2D eigenvalue weighted by atomic mass is 10.2. The number of cyclic esters (lactones) is 1. The number of carbonyl (C=O) groups is 3.